The van der Waals surface area contributed by atoms with Crippen LogP contribution in [0.3, 0.4) is 0 Å². The minimum atomic E-state index is 0.130. The third-order valence-electron chi connectivity index (χ3n) is 3.25. The Morgan fingerprint density at radius 3 is 2.38 bits per heavy atom. The molecule has 86 valence electrons. The number of carbonyl (C=O) groups excluding carboxylic acids is 1. The van der Waals surface area contributed by atoms with Crippen molar-refractivity contribution < 1.29 is 4.79 Å². The van der Waals surface area contributed by atoms with Crippen LogP contribution in [0.2, 0.25) is 0 Å². The van der Waals surface area contributed by atoms with Gasteiger partial charge in [0, 0.05) is 18.8 Å². The average Bonchev–Trinajstić information content (AvgIpc) is 2.11. The number of nitrogens with one attached hydrogen (secondary N) is 2. The minimum Gasteiger partial charge on any atom is -0.326 e. The van der Waals surface area contributed by atoms with Gasteiger partial charge in [0.05, 0.1) is 5.92 Å². The van der Waals surface area contributed by atoms with Crippen LogP contribution in [-0.4, -0.2) is 19.0 Å². The Balaban J connectivity index is 2.14. The number of anilines is 1. The highest BCUT2D eigenvalue weighted by molar-refractivity contribution is 5.94. The number of aryl methyl sites for hydroxylation is 3. The van der Waals surface area contributed by atoms with Crippen molar-refractivity contribution in [1.29, 1.82) is 0 Å². The number of hydrogen-bond donors (Lipinski definition) is 2. The summed E-state index contributed by atoms with van der Waals surface area (Å²) >= 11 is 0. The standard InChI is InChI=1S/C13H18N2O/c1-8-4-10(3)12(5-9(8)2)15-13(16)11-6-14-7-11/h4-5,11,14H,6-7H2,1-3H3,(H,15,16). The molecular weight excluding hydrogens is 200 g/mol. The van der Waals surface area contributed by atoms with Gasteiger partial charge in [-0.15, -0.1) is 0 Å². The SMILES string of the molecule is Cc1cc(C)c(NC(=O)C2CNC2)cc1C. The molecule has 0 aliphatic carbocycles. The Morgan fingerprint density at radius 1 is 1.19 bits per heavy atom. The molecule has 1 saturated heterocycles. The summed E-state index contributed by atoms with van der Waals surface area (Å²) in [6.45, 7) is 7.78. The first-order chi connectivity index (χ1) is 7.58. The summed E-state index contributed by atoms with van der Waals surface area (Å²) in [7, 11) is 0. The summed E-state index contributed by atoms with van der Waals surface area (Å²) < 4.78 is 0. The van der Waals surface area contributed by atoms with Gasteiger partial charge < -0.3 is 10.6 Å². The van der Waals surface area contributed by atoms with Crippen molar-refractivity contribution in [3.63, 3.8) is 0 Å². The second-order valence-electron chi connectivity index (χ2n) is 4.60. The fourth-order valence-corrected chi connectivity index (χ4v) is 1.80. The third-order valence-corrected chi connectivity index (χ3v) is 3.25. The molecule has 3 nitrogen and oxygen atoms in total. The van der Waals surface area contributed by atoms with Gasteiger partial charge in [0.1, 0.15) is 0 Å². The summed E-state index contributed by atoms with van der Waals surface area (Å²) in [6.07, 6.45) is 0. The zero-order valence-corrected chi connectivity index (χ0v) is 10.1. The molecule has 0 bridgehead atoms. The van der Waals surface area contributed by atoms with Crippen molar-refractivity contribution in [2.24, 2.45) is 5.92 Å². The maximum absolute atomic E-state index is 11.8. The third kappa shape index (κ3) is 2.09. The first kappa shape index (κ1) is 11.1. The molecule has 1 heterocycles. The number of hydrogen-bond acceptors (Lipinski definition) is 2. The van der Waals surface area contributed by atoms with E-state index in [2.05, 4.69) is 36.6 Å². The van der Waals surface area contributed by atoms with Gasteiger partial charge in [0.25, 0.3) is 0 Å². The highest BCUT2D eigenvalue weighted by Gasteiger charge is 2.25. The number of carbonyl (C=O) groups is 1. The van der Waals surface area contributed by atoms with E-state index in [0.29, 0.717) is 0 Å². The molecule has 3 heteroatoms. The van der Waals surface area contributed by atoms with Crippen LogP contribution in [0.5, 0.6) is 0 Å². The molecule has 1 aliphatic rings. The molecule has 1 aliphatic heterocycles. The van der Waals surface area contributed by atoms with Crippen molar-refractivity contribution >= 4 is 11.6 Å². The molecule has 0 spiro atoms. The smallest absolute Gasteiger partial charge is 0.230 e. The van der Waals surface area contributed by atoms with Gasteiger partial charge in [-0.25, -0.2) is 0 Å². The molecule has 0 unspecified atom stereocenters. The molecule has 0 saturated carbocycles. The van der Waals surface area contributed by atoms with Crippen LogP contribution < -0.4 is 10.6 Å². The molecule has 1 fully saturated rings. The molecule has 0 atom stereocenters. The van der Waals surface area contributed by atoms with Crippen LogP contribution >= 0.6 is 0 Å². The van der Waals surface area contributed by atoms with E-state index >= 15 is 0 Å². The predicted octanol–water partition coefficient (Wildman–Crippen LogP) is 1.77. The van der Waals surface area contributed by atoms with Gasteiger partial charge in [-0.3, -0.25) is 4.79 Å². The van der Waals surface area contributed by atoms with Crippen LogP contribution in [0, 0.1) is 26.7 Å². The number of rotatable bonds is 2. The van der Waals surface area contributed by atoms with Gasteiger partial charge in [0.15, 0.2) is 0 Å². The maximum atomic E-state index is 11.8. The summed E-state index contributed by atoms with van der Waals surface area (Å²) in [4.78, 5) is 11.8. The van der Waals surface area contributed by atoms with E-state index in [0.717, 1.165) is 24.3 Å². The first-order valence-corrected chi connectivity index (χ1v) is 5.67. The van der Waals surface area contributed by atoms with E-state index in [1.54, 1.807) is 0 Å². The Kier molecular flexibility index (Phi) is 2.97. The summed E-state index contributed by atoms with van der Waals surface area (Å²) in [5.74, 6) is 0.270. The fraction of sp³-hybridized carbons (Fsp3) is 0.462. The molecule has 2 rings (SSSR count). The van der Waals surface area contributed by atoms with E-state index in [1.165, 1.54) is 11.1 Å². The maximum Gasteiger partial charge on any atom is 0.230 e. The van der Waals surface area contributed by atoms with Crippen molar-refractivity contribution in [2.75, 3.05) is 18.4 Å². The fourth-order valence-electron chi connectivity index (χ4n) is 1.80. The van der Waals surface area contributed by atoms with Gasteiger partial charge in [-0.2, -0.15) is 0 Å². The monoisotopic (exact) mass is 218 g/mol. The molecule has 1 aromatic carbocycles. The minimum absolute atomic E-state index is 0.130. The summed E-state index contributed by atoms with van der Waals surface area (Å²) in [5, 5.41) is 6.10. The van der Waals surface area contributed by atoms with Gasteiger partial charge in [0.2, 0.25) is 5.91 Å². The van der Waals surface area contributed by atoms with E-state index in [9.17, 15) is 4.79 Å². The van der Waals surface area contributed by atoms with E-state index in [-0.39, 0.29) is 11.8 Å². The lowest BCUT2D eigenvalue weighted by atomic mass is 10.0. The van der Waals surface area contributed by atoms with Crippen molar-refractivity contribution in [1.82, 2.24) is 5.32 Å². The van der Waals surface area contributed by atoms with E-state index in [1.807, 2.05) is 6.92 Å². The van der Waals surface area contributed by atoms with E-state index < -0.39 is 0 Å². The van der Waals surface area contributed by atoms with Crippen LogP contribution in [0.15, 0.2) is 12.1 Å². The molecule has 0 aromatic heterocycles. The normalized spacial score (nSPS) is 15.7. The van der Waals surface area contributed by atoms with Crippen LogP contribution in [0.4, 0.5) is 5.69 Å². The van der Waals surface area contributed by atoms with Crippen LogP contribution in [0.25, 0.3) is 0 Å². The average molecular weight is 218 g/mol. The topological polar surface area (TPSA) is 41.1 Å². The predicted molar refractivity (Wildman–Crippen MR) is 65.6 cm³/mol. The summed E-state index contributed by atoms with van der Waals surface area (Å²) in [5.41, 5.74) is 4.55. The van der Waals surface area contributed by atoms with Gasteiger partial charge in [-0.05, 0) is 43.5 Å². The second kappa shape index (κ2) is 4.26. The zero-order chi connectivity index (χ0) is 11.7. The molecule has 16 heavy (non-hydrogen) atoms. The van der Waals surface area contributed by atoms with Gasteiger partial charge >= 0.3 is 0 Å². The molecule has 2 N–H and O–H groups in total. The Morgan fingerprint density at radius 2 is 1.81 bits per heavy atom. The molecule has 0 radical (unpaired) electrons. The first-order valence-electron chi connectivity index (χ1n) is 5.67. The van der Waals surface area contributed by atoms with Crippen molar-refractivity contribution in [3.05, 3.63) is 28.8 Å². The van der Waals surface area contributed by atoms with Crippen molar-refractivity contribution in [2.45, 2.75) is 20.8 Å². The Labute approximate surface area is 96.2 Å². The van der Waals surface area contributed by atoms with Crippen LogP contribution in [-0.2, 0) is 4.79 Å². The second-order valence-corrected chi connectivity index (χ2v) is 4.60. The number of benzene rings is 1. The van der Waals surface area contributed by atoms with Gasteiger partial charge in [-0.1, -0.05) is 6.07 Å². The Hall–Kier alpha value is -1.35. The lowest BCUT2D eigenvalue weighted by Crippen LogP contribution is -2.48. The molecular formula is C13H18N2O. The lowest BCUT2D eigenvalue weighted by Gasteiger charge is -2.26. The van der Waals surface area contributed by atoms with Crippen molar-refractivity contribution in [3.8, 4) is 0 Å². The zero-order valence-electron chi connectivity index (χ0n) is 10.1. The molecule has 1 amide bonds. The largest absolute Gasteiger partial charge is 0.326 e. The quantitative estimate of drug-likeness (QED) is 0.794. The molecule has 1 aromatic rings. The number of amides is 1. The summed E-state index contributed by atoms with van der Waals surface area (Å²) in [6, 6.07) is 4.17. The highest BCUT2D eigenvalue weighted by atomic mass is 16.2. The van der Waals surface area contributed by atoms with Crippen LogP contribution in [0.1, 0.15) is 16.7 Å². The Bertz CT molecular complexity index is 422. The van der Waals surface area contributed by atoms with E-state index in [4.69, 9.17) is 0 Å². The lowest BCUT2D eigenvalue weighted by molar-refractivity contribution is -0.121. The highest BCUT2D eigenvalue weighted by Crippen LogP contribution is 2.21.